The number of thiophene rings is 1. The molecule has 194 valence electrons. The molecule has 6 nitrogen and oxygen atoms in total. The van der Waals surface area contributed by atoms with E-state index in [1.54, 1.807) is 36.6 Å². The van der Waals surface area contributed by atoms with E-state index in [4.69, 9.17) is 9.47 Å². The highest BCUT2D eigenvalue weighted by Gasteiger charge is 2.32. The summed E-state index contributed by atoms with van der Waals surface area (Å²) in [5.74, 6) is 1.26. The molecule has 0 radical (unpaired) electrons. The Morgan fingerprint density at radius 1 is 1.33 bits per heavy atom. The molecule has 9 heteroatoms. The van der Waals surface area contributed by atoms with Crippen molar-refractivity contribution in [1.82, 2.24) is 9.88 Å². The van der Waals surface area contributed by atoms with E-state index in [0.717, 1.165) is 31.8 Å². The minimum absolute atomic E-state index is 0.143. The number of benzene rings is 1. The van der Waals surface area contributed by atoms with Gasteiger partial charge in [-0.05, 0) is 67.3 Å². The number of ether oxygens (including phenoxy) is 2. The van der Waals surface area contributed by atoms with Gasteiger partial charge in [0.2, 0.25) is 0 Å². The summed E-state index contributed by atoms with van der Waals surface area (Å²) >= 11 is 3.62. The zero-order valence-electron chi connectivity index (χ0n) is 20.7. The van der Waals surface area contributed by atoms with Gasteiger partial charge in [0, 0.05) is 36.2 Å². The number of methoxy groups -OCH3 is 2. The minimum atomic E-state index is -0.971. The number of rotatable bonds is 11. The average Bonchev–Trinajstić information content (AvgIpc) is 3.41. The van der Waals surface area contributed by atoms with Gasteiger partial charge in [-0.2, -0.15) is 0 Å². The van der Waals surface area contributed by atoms with Crippen molar-refractivity contribution in [2.75, 3.05) is 39.6 Å². The fourth-order valence-corrected chi connectivity index (χ4v) is 6.90. The van der Waals surface area contributed by atoms with Crippen LogP contribution in [0.4, 0.5) is 4.39 Å². The van der Waals surface area contributed by atoms with Gasteiger partial charge in [0.25, 0.3) is 0 Å². The molecule has 0 amide bonds. The van der Waals surface area contributed by atoms with Crippen LogP contribution in [0.2, 0.25) is 0 Å². The fraction of sp³-hybridized carbons (Fsp3) is 0.481. The number of pyridine rings is 1. The van der Waals surface area contributed by atoms with Crippen LogP contribution in [0.25, 0.3) is 10.9 Å². The van der Waals surface area contributed by atoms with Gasteiger partial charge < -0.3 is 19.5 Å². The molecule has 0 spiro atoms. The van der Waals surface area contributed by atoms with Gasteiger partial charge in [-0.3, -0.25) is 9.78 Å². The molecule has 1 fully saturated rings. The summed E-state index contributed by atoms with van der Waals surface area (Å²) in [7, 11) is 2.98. The summed E-state index contributed by atoms with van der Waals surface area (Å²) in [6.07, 6.45) is 2.60. The first-order valence-corrected chi connectivity index (χ1v) is 14.1. The van der Waals surface area contributed by atoms with Gasteiger partial charge in [0.15, 0.2) is 0 Å². The Bertz CT molecular complexity index is 1140. The molecule has 36 heavy (non-hydrogen) atoms. The lowest BCUT2D eigenvalue weighted by Crippen LogP contribution is -2.42. The van der Waals surface area contributed by atoms with Crippen LogP contribution < -0.4 is 4.74 Å². The maximum atomic E-state index is 14.8. The first-order chi connectivity index (χ1) is 17.5. The number of aromatic nitrogens is 1. The molecule has 0 bridgehead atoms. The zero-order valence-corrected chi connectivity index (χ0v) is 22.3. The number of halogens is 1. The summed E-state index contributed by atoms with van der Waals surface area (Å²) in [4.78, 5) is 18.7. The molecule has 1 saturated heterocycles. The van der Waals surface area contributed by atoms with E-state index in [1.165, 1.54) is 17.5 Å². The molecule has 1 N–H and O–H groups in total. The van der Waals surface area contributed by atoms with Crippen LogP contribution >= 0.6 is 23.1 Å². The number of carbonyl (C=O) groups excluding carboxylic acids is 1. The summed E-state index contributed by atoms with van der Waals surface area (Å²) in [5, 5.41) is 13.7. The Labute approximate surface area is 219 Å². The largest absolute Gasteiger partial charge is 0.497 e. The molecule has 1 aliphatic heterocycles. The number of aliphatic hydroxyl groups is 1. The lowest BCUT2D eigenvalue weighted by Gasteiger charge is -2.38. The Morgan fingerprint density at radius 2 is 2.19 bits per heavy atom. The predicted octanol–water partition coefficient (Wildman–Crippen LogP) is 5.55. The first kappa shape index (κ1) is 26.9. The molecule has 1 unspecified atom stereocenters. The van der Waals surface area contributed by atoms with E-state index in [0.29, 0.717) is 35.9 Å². The number of esters is 1. The molecule has 1 aliphatic rings. The third-order valence-electron chi connectivity index (χ3n) is 6.99. The second-order valence-corrected chi connectivity index (χ2v) is 11.5. The quantitative estimate of drug-likeness (QED) is 0.256. The third kappa shape index (κ3) is 6.76. The van der Waals surface area contributed by atoms with E-state index in [-0.39, 0.29) is 23.4 Å². The Balaban J connectivity index is 1.40. The van der Waals surface area contributed by atoms with E-state index >= 15 is 0 Å². The van der Waals surface area contributed by atoms with Gasteiger partial charge in [0.1, 0.15) is 11.6 Å². The fourth-order valence-electron chi connectivity index (χ4n) is 5.04. The number of piperidine rings is 1. The van der Waals surface area contributed by atoms with Crippen LogP contribution in [0, 0.1) is 17.7 Å². The molecule has 0 saturated carbocycles. The average molecular weight is 533 g/mol. The lowest BCUT2D eigenvalue weighted by atomic mass is 9.79. The number of hydrogen-bond acceptors (Lipinski definition) is 8. The summed E-state index contributed by atoms with van der Waals surface area (Å²) in [5.41, 5.74) is 0.870. The van der Waals surface area contributed by atoms with Crippen LogP contribution in [0.3, 0.4) is 0 Å². The number of carbonyl (C=O) groups is 1. The van der Waals surface area contributed by atoms with Crippen LogP contribution in [0.5, 0.6) is 5.75 Å². The summed E-state index contributed by atoms with van der Waals surface area (Å²) in [6.45, 7) is 2.74. The topological polar surface area (TPSA) is 71.9 Å². The van der Waals surface area contributed by atoms with Crippen molar-refractivity contribution in [3.63, 3.8) is 0 Å². The normalized spacial score (nSPS) is 19.3. The molecule has 4 rings (SSSR count). The summed E-state index contributed by atoms with van der Waals surface area (Å²) < 4.78 is 26.4. The van der Waals surface area contributed by atoms with Crippen LogP contribution in [-0.4, -0.2) is 60.6 Å². The Hall–Kier alpha value is -2.20. The molecule has 3 heterocycles. The van der Waals surface area contributed by atoms with Crippen molar-refractivity contribution in [1.29, 1.82) is 0 Å². The standard InChI is InChI=1S/C27H33FN2O4S2/c1-33-20-6-7-23-21(15-20)27(22(28)16-29-23)24(31)8-5-18-9-10-30(17-19(18)14-25(32)34-2)11-13-36-26-4-3-12-35-26/h3-4,6-7,12,15-16,18-19,24,31H,5,8-11,13-14,17H2,1-2H3/t18?,19-,24-/m1/s1. The monoisotopic (exact) mass is 532 g/mol. The molecule has 3 atom stereocenters. The van der Waals surface area contributed by atoms with Crippen LogP contribution in [0.15, 0.2) is 46.1 Å². The highest BCUT2D eigenvalue weighted by molar-refractivity contribution is 8.01. The number of nitrogens with zero attached hydrogens (tertiary/aromatic N) is 2. The maximum Gasteiger partial charge on any atom is 0.305 e. The van der Waals surface area contributed by atoms with E-state index < -0.39 is 11.9 Å². The molecule has 0 aliphatic carbocycles. The van der Waals surface area contributed by atoms with Gasteiger partial charge in [-0.1, -0.05) is 6.07 Å². The van der Waals surface area contributed by atoms with E-state index in [2.05, 4.69) is 27.4 Å². The maximum absolute atomic E-state index is 14.8. The summed E-state index contributed by atoms with van der Waals surface area (Å²) in [6, 6.07) is 9.46. The molecular formula is C27H33FN2O4S2. The van der Waals surface area contributed by atoms with E-state index in [9.17, 15) is 14.3 Å². The van der Waals surface area contributed by atoms with Crippen molar-refractivity contribution in [3.8, 4) is 5.75 Å². The highest BCUT2D eigenvalue weighted by atomic mass is 32.2. The third-order valence-corrected chi connectivity index (χ3v) is 9.10. The van der Waals surface area contributed by atoms with Gasteiger partial charge in [0.05, 0.1) is 36.2 Å². The zero-order chi connectivity index (χ0) is 25.5. The van der Waals surface area contributed by atoms with Gasteiger partial charge in [-0.15, -0.1) is 23.1 Å². The van der Waals surface area contributed by atoms with E-state index in [1.807, 2.05) is 11.8 Å². The van der Waals surface area contributed by atoms with Crippen LogP contribution in [-0.2, 0) is 9.53 Å². The molecule has 2 aromatic heterocycles. The number of likely N-dealkylation sites (tertiary alicyclic amines) is 1. The SMILES string of the molecule is COC(=O)C[C@@H]1CN(CCSc2cccs2)CCC1CC[C@@H](O)c1c(F)cnc2ccc(OC)cc12. The second-order valence-electron chi connectivity index (χ2n) is 9.17. The first-order valence-electron chi connectivity index (χ1n) is 12.2. The highest BCUT2D eigenvalue weighted by Crippen LogP contribution is 2.36. The number of hydrogen-bond donors (Lipinski definition) is 1. The second kappa shape index (κ2) is 12.9. The van der Waals surface area contributed by atoms with Crippen molar-refractivity contribution in [3.05, 3.63) is 53.3 Å². The van der Waals surface area contributed by atoms with Gasteiger partial charge >= 0.3 is 5.97 Å². The van der Waals surface area contributed by atoms with Crippen molar-refractivity contribution >= 4 is 40.0 Å². The Morgan fingerprint density at radius 3 is 2.94 bits per heavy atom. The number of fused-ring (bicyclic) bond motifs is 1. The van der Waals surface area contributed by atoms with Crippen molar-refractivity contribution in [2.45, 2.75) is 36.0 Å². The Kier molecular flexibility index (Phi) is 9.59. The predicted molar refractivity (Wildman–Crippen MR) is 142 cm³/mol. The lowest BCUT2D eigenvalue weighted by molar-refractivity contribution is -0.142. The minimum Gasteiger partial charge on any atom is -0.497 e. The van der Waals surface area contributed by atoms with Crippen molar-refractivity contribution in [2.24, 2.45) is 11.8 Å². The van der Waals surface area contributed by atoms with Crippen LogP contribution in [0.1, 0.15) is 37.4 Å². The number of aliphatic hydroxyl groups excluding tert-OH is 1. The van der Waals surface area contributed by atoms with Crippen molar-refractivity contribution < 1.29 is 23.8 Å². The molecule has 3 aromatic rings. The molecular weight excluding hydrogens is 499 g/mol. The smallest absolute Gasteiger partial charge is 0.305 e. The number of thioether (sulfide) groups is 1. The van der Waals surface area contributed by atoms with Gasteiger partial charge in [-0.25, -0.2) is 4.39 Å². The molecule has 1 aromatic carbocycles.